The van der Waals surface area contributed by atoms with E-state index in [0.717, 1.165) is 19.3 Å². The van der Waals surface area contributed by atoms with Gasteiger partial charge in [0.1, 0.15) is 0 Å². The molecule has 0 saturated carbocycles. The van der Waals surface area contributed by atoms with Crippen LogP contribution in [0.4, 0.5) is 0 Å². The van der Waals surface area contributed by atoms with Crippen molar-refractivity contribution in [2.45, 2.75) is 32.2 Å². The van der Waals surface area contributed by atoms with E-state index in [4.69, 9.17) is 10.5 Å². The first-order valence-corrected chi connectivity index (χ1v) is 6.90. The summed E-state index contributed by atoms with van der Waals surface area (Å²) in [4.78, 5) is 0. The van der Waals surface area contributed by atoms with E-state index in [1.54, 1.807) is 0 Å². The number of sulfonamides is 1. The fourth-order valence-corrected chi connectivity index (χ4v) is 2.41. The second-order valence-electron chi connectivity index (χ2n) is 3.50. The molecule has 0 radical (unpaired) electrons. The molecule has 0 amide bonds. The Balaban J connectivity index is 0. The number of methoxy groups -OCH3 is 1. The van der Waals surface area contributed by atoms with Crippen LogP contribution in [0.2, 0.25) is 0 Å². The summed E-state index contributed by atoms with van der Waals surface area (Å²) >= 11 is 0. The second-order valence-corrected chi connectivity index (χ2v) is 5.38. The maximum atomic E-state index is 11.5. The van der Waals surface area contributed by atoms with E-state index in [1.165, 1.54) is 7.11 Å². The lowest BCUT2D eigenvalue weighted by Gasteiger charge is -2.16. The van der Waals surface area contributed by atoms with E-state index in [-0.39, 0.29) is 30.8 Å². The first-order valence-electron chi connectivity index (χ1n) is 5.24. The number of rotatable bonds is 9. The van der Waals surface area contributed by atoms with Gasteiger partial charge in [-0.1, -0.05) is 19.8 Å². The third-order valence-corrected chi connectivity index (χ3v) is 3.49. The Hall–Kier alpha value is 0.120. The Morgan fingerprint density at radius 2 is 2.06 bits per heavy atom. The molecular formula is C9H23ClN2O3S. The highest BCUT2D eigenvalue weighted by Crippen LogP contribution is 2.01. The molecule has 0 aromatic carbocycles. The molecule has 0 aliphatic heterocycles. The zero-order chi connectivity index (χ0) is 11.7. The van der Waals surface area contributed by atoms with Gasteiger partial charge in [-0.25, -0.2) is 13.1 Å². The number of unbranched alkanes of at least 4 members (excludes halogenated alkanes) is 1. The number of nitrogens with two attached hydrogens (primary N) is 1. The van der Waals surface area contributed by atoms with Crippen LogP contribution in [-0.4, -0.2) is 40.5 Å². The maximum Gasteiger partial charge on any atom is 0.214 e. The second kappa shape index (κ2) is 10.3. The highest BCUT2D eigenvalue weighted by atomic mass is 35.5. The Bertz CT molecular complexity index is 247. The molecule has 1 atom stereocenters. The molecule has 1 unspecified atom stereocenters. The summed E-state index contributed by atoms with van der Waals surface area (Å²) in [5, 5.41) is 0. The fraction of sp³-hybridized carbons (Fsp3) is 1.00. The van der Waals surface area contributed by atoms with Crippen LogP contribution in [0.25, 0.3) is 0 Å². The van der Waals surface area contributed by atoms with Crippen molar-refractivity contribution in [3.8, 4) is 0 Å². The van der Waals surface area contributed by atoms with Crippen LogP contribution in [0.15, 0.2) is 0 Å². The van der Waals surface area contributed by atoms with Gasteiger partial charge in [0.15, 0.2) is 0 Å². The standard InChI is InChI=1S/C9H22N2O3S.ClH/c1-3-4-5-9(8-10)11-15(12,13)7-6-14-2;/h9,11H,3-8,10H2,1-2H3;1H. The quantitative estimate of drug-likeness (QED) is 0.641. The first-order chi connectivity index (χ1) is 7.05. The summed E-state index contributed by atoms with van der Waals surface area (Å²) < 4.78 is 30.3. The Morgan fingerprint density at radius 3 is 2.50 bits per heavy atom. The number of hydrogen-bond acceptors (Lipinski definition) is 4. The predicted molar refractivity (Wildman–Crippen MR) is 68.4 cm³/mol. The Labute approximate surface area is 105 Å². The molecule has 0 aromatic heterocycles. The summed E-state index contributed by atoms with van der Waals surface area (Å²) in [7, 11) is -1.76. The van der Waals surface area contributed by atoms with Crippen molar-refractivity contribution in [1.29, 1.82) is 0 Å². The number of nitrogens with one attached hydrogen (secondary N) is 1. The van der Waals surface area contributed by atoms with Crippen LogP contribution < -0.4 is 10.5 Å². The van der Waals surface area contributed by atoms with Crippen molar-refractivity contribution in [3.63, 3.8) is 0 Å². The van der Waals surface area contributed by atoms with Crippen LogP contribution in [0, 0.1) is 0 Å². The van der Waals surface area contributed by atoms with Crippen molar-refractivity contribution < 1.29 is 13.2 Å². The lowest BCUT2D eigenvalue weighted by atomic mass is 10.1. The summed E-state index contributed by atoms with van der Waals surface area (Å²) in [5.41, 5.74) is 5.49. The molecule has 3 N–H and O–H groups in total. The van der Waals surface area contributed by atoms with Crippen molar-refractivity contribution in [1.82, 2.24) is 4.72 Å². The molecular weight excluding hydrogens is 252 g/mol. The van der Waals surface area contributed by atoms with E-state index in [2.05, 4.69) is 11.6 Å². The summed E-state index contributed by atoms with van der Waals surface area (Å²) in [6, 6.07) is -0.146. The zero-order valence-corrected chi connectivity index (χ0v) is 11.6. The normalized spacial score (nSPS) is 13.2. The number of halogens is 1. The van der Waals surface area contributed by atoms with Gasteiger partial charge in [0.25, 0.3) is 0 Å². The van der Waals surface area contributed by atoms with E-state index in [0.29, 0.717) is 6.54 Å². The molecule has 5 nitrogen and oxygen atoms in total. The lowest BCUT2D eigenvalue weighted by molar-refractivity contribution is 0.216. The molecule has 0 spiro atoms. The van der Waals surface area contributed by atoms with Gasteiger partial charge in [-0.3, -0.25) is 0 Å². The first kappa shape index (κ1) is 18.5. The monoisotopic (exact) mass is 274 g/mol. The van der Waals surface area contributed by atoms with Gasteiger partial charge < -0.3 is 10.5 Å². The average Bonchev–Trinajstić information content (AvgIpc) is 2.21. The van der Waals surface area contributed by atoms with Crippen LogP contribution in [-0.2, 0) is 14.8 Å². The minimum atomic E-state index is -3.24. The van der Waals surface area contributed by atoms with E-state index < -0.39 is 10.0 Å². The van der Waals surface area contributed by atoms with E-state index in [9.17, 15) is 8.42 Å². The molecule has 0 heterocycles. The smallest absolute Gasteiger partial charge is 0.214 e. The molecule has 0 bridgehead atoms. The largest absolute Gasteiger partial charge is 0.384 e. The van der Waals surface area contributed by atoms with Crippen LogP contribution >= 0.6 is 12.4 Å². The molecule has 0 fully saturated rings. The summed E-state index contributed by atoms with van der Waals surface area (Å²) in [6.07, 6.45) is 2.81. The van der Waals surface area contributed by atoms with Crippen LogP contribution in [0.5, 0.6) is 0 Å². The summed E-state index contributed by atoms with van der Waals surface area (Å²) in [6.45, 7) is 2.61. The zero-order valence-electron chi connectivity index (χ0n) is 9.94. The molecule has 100 valence electrons. The molecule has 16 heavy (non-hydrogen) atoms. The molecule has 0 rings (SSSR count). The van der Waals surface area contributed by atoms with Gasteiger partial charge in [-0.15, -0.1) is 12.4 Å². The van der Waals surface area contributed by atoms with Crippen LogP contribution in [0.1, 0.15) is 26.2 Å². The minimum absolute atomic E-state index is 0. The average molecular weight is 275 g/mol. The van der Waals surface area contributed by atoms with Crippen molar-refractivity contribution in [2.75, 3.05) is 26.0 Å². The van der Waals surface area contributed by atoms with Gasteiger partial charge in [-0.05, 0) is 6.42 Å². The number of hydrogen-bond donors (Lipinski definition) is 2. The minimum Gasteiger partial charge on any atom is -0.384 e. The maximum absolute atomic E-state index is 11.5. The van der Waals surface area contributed by atoms with E-state index in [1.807, 2.05) is 0 Å². The highest BCUT2D eigenvalue weighted by molar-refractivity contribution is 7.89. The molecule has 7 heteroatoms. The predicted octanol–water partition coefficient (Wildman–Crippen LogP) is 0.492. The Kier molecular flexibility index (Phi) is 11.9. The van der Waals surface area contributed by atoms with Gasteiger partial charge in [-0.2, -0.15) is 0 Å². The van der Waals surface area contributed by atoms with Crippen molar-refractivity contribution in [2.24, 2.45) is 5.73 Å². The molecule has 0 aliphatic rings. The van der Waals surface area contributed by atoms with Crippen molar-refractivity contribution >= 4 is 22.4 Å². The summed E-state index contributed by atoms with van der Waals surface area (Å²) in [5.74, 6) is -0.00781. The third kappa shape index (κ3) is 9.35. The lowest BCUT2D eigenvalue weighted by Crippen LogP contribution is -2.41. The van der Waals surface area contributed by atoms with Gasteiger partial charge in [0, 0.05) is 19.7 Å². The van der Waals surface area contributed by atoms with E-state index >= 15 is 0 Å². The van der Waals surface area contributed by atoms with Crippen molar-refractivity contribution in [3.05, 3.63) is 0 Å². The molecule has 0 aliphatic carbocycles. The number of ether oxygens (including phenoxy) is 1. The highest BCUT2D eigenvalue weighted by Gasteiger charge is 2.15. The van der Waals surface area contributed by atoms with Crippen LogP contribution in [0.3, 0.4) is 0 Å². The fourth-order valence-electron chi connectivity index (χ4n) is 1.18. The SMILES string of the molecule is CCCCC(CN)NS(=O)(=O)CCOC.Cl. The van der Waals surface area contributed by atoms with Gasteiger partial charge in [0.05, 0.1) is 12.4 Å². The van der Waals surface area contributed by atoms with Gasteiger partial charge >= 0.3 is 0 Å². The molecule has 0 aromatic rings. The third-order valence-electron chi connectivity index (χ3n) is 2.09. The Morgan fingerprint density at radius 1 is 1.44 bits per heavy atom. The van der Waals surface area contributed by atoms with Gasteiger partial charge in [0.2, 0.25) is 10.0 Å². The topological polar surface area (TPSA) is 81.4 Å². The molecule has 0 saturated heterocycles.